The summed E-state index contributed by atoms with van der Waals surface area (Å²) >= 11 is 3.45. The van der Waals surface area contributed by atoms with Gasteiger partial charge in [-0.15, -0.1) is 0 Å². The lowest BCUT2D eigenvalue weighted by Gasteiger charge is -2.09. The third kappa shape index (κ3) is 3.78. The summed E-state index contributed by atoms with van der Waals surface area (Å²) in [6.07, 6.45) is 1.55. The molecule has 3 aromatic rings. The summed E-state index contributed by atoms with van der Waals surface area (Å²) in [6, 6.07) is 17.0. The Labute approximate surface area is 146 Å². The summed E-state index contributed by atoms with van der Waals surface area (Å²) in [5, 5.41) is 5.70. The highest BCUT2D eigenvalue weighted by atomic mass is 79.9. The van der Waals surface area contributed by atoms with Crippen molar-refractivity contribution in [3.63, 3.8) is 0 Å². The maximum absolute atomic E-state index is 13.6. The lowest BCUT2D eigenvalue weighted by Crippen LogP contribution is -2.14. The quantitative estimate of drug-likeness (QED) is 0.665. The molecule has 0 saturated carbocycles. The predicted octanol–water partition coefficient (Wildman–Crippen LogP) is 4.98. The second-order valence-corrected chi connectivity index (χ2v) is 5.83. The van der Waals surface area contributed by atoms with Gasteiger partial charge in [0.15, 0.2) is 0 Å². The van der Waals surface area contributed by atoms with E-state index in [4.69, 9.17) is 0 Å². The number of amides is 1. The number of anilines is 3. The van der Waals surface area contributed by atoms with Crippen molar-refractivity contribution in [1.82, 2.24) is 4.98 Å². The molecule has 1 heterocycles. The zero-order valence-electron chi connectivity index (χ0n) is 12.5. The van der Waals surface area contributed by atoms with E-state index in [0.29, 0.717) is 0 Å². The number of nitrogens with zero attached hydrogens (tertiary/aromatic N) is 1. The second kappa shape index (κ2) is 7.23. The van der Waals surface area contributed by atoms with Gasteiger partial charge in [0.05, 0.1) is 23.3 Å². The number of halogens is 2. The molecule has 24 heavy (non-hydrogen) atoms. The van der Waals surface area contributed by atoms with Gasteiger partial charge in [-0.05, 0) is 52.3 Å². The fourth-order valence-electron chi connectivity index (χ4n) is 2.07. The summed E-state index contributed by atoms with van der Waals surface area (Å²) < 4.78 is 14.5. The van der Waals surface area contributed by atoms with Gasteiger partial charge in [-0.3, -0.25) is 4.79 Å². The van der Waals surface area contributed by atoms with Gasteiger partial charge in [0, 0.05) is 4.47 Å². The molecule has 0 fully saturated rings. The van der Waals surface area contributed by atoms with Crippen LogP contribution in [0.25, 0.3) is 0 Å². The summed E-state index contributed by atoms with van der Waals surface area (Å²) in [5.74, 6) is -0.953. The van der Waals surface area contributed by atoms with Crippen LogP contribution in [0.4, 0.5) is 21.5 Å². The molecule has 0 saturated heterocycles. The standard InChI is InChI=1S/C18H13BrFN3O/c19-13-5-1-3-7-15(13)22-12-9-10-17(21-11-12)18(24)23-16-8-4-2-6-14(16)20/h1-11,22H,(H,23,24). The van der Waals surface area contributed by atoms with Crippen molar-refractivity contribution < 1.29 is 9.18 Å². The van der Waals surface area contributed by atoms with Crippen molar-refractivity contribution in [2.45, 2.75) is 0 Å². The SMILES string of the molecule is O=C(Nc1ccccc1F)c1ccc(Nc2ccccc2Br)cn1. The van der Waals surface area contributed by atoms with Crippen LogP contribution in [0.1, 0.15) is 10.5 Å². The maximum Gasteiger partial charge on any atom is 0.274 e. The molecule has 0 aliphatic carbocycles. The second-order valence-electron chi connectivity index (χ2n) is 4.97. The number of carbonyl (C=O) groups excluding carboxylic acids is 1. The molecule has 120 valence electrons. The normalized spacial score (nSPS) is 10.2. The summed E-state index contributed by atoms with van der Waals surface area (Å²) in [5.41, 5.74) is 1.96. The van der Waals surface area contributed by atoms with Crippen LogP contribution in [0.5, 0.6) is 0 Å². The van der Waals surface area contributed by atoms with Gasteiger partial charge in [-0.2, -0.15) is 0 Å². The first-order valence-corrected chi connectivity index (χ1v) is 7.96. The van der Waals surface area contributed by atoms with Crippen LogP contribution in [-0.2, 0) is 0 Å². The molecule has 3 rings (SSSR count). The van der Waals surface area contributed by atoms with Crippen LogP contribution in [0.2, 0.25) is 0 Å². The van der Waals surface area contributed by atoms with Crippen molar-refractivity contribution in [2.75, 3.05) is 10.6 Å². The van der Waals surface area contributed by atoms with Crippen molar-refractivity contribution in [2.24, 2.45) is 0 Å². The molecule has 1 amide bonds. The molecule has 0 spiro atoms. The van der Waals surface area contributed by atoms with Crippen molar-refractivity contribution >= 4 is 38.9 Å². The maximum atomic E-state index is 13.6. The zero-order chi connectivity index (χ0) is 16.9. The van der Waals surface area contributed by atoms with Gasteiger partial charge >= 0.3 is 0 Å². The average molecular weight is 386 g/mol. The molecule has 4 nitrogen and oxygen atoms in total. The zero-order valence-corrected chi connectivity index (χ0v) is 14.0. The third-order valence-corrected chi connectivity index (χ3v) is 3.96. The molecule has 1 aromatic heterocycles. The number of pyridine rings is 1. The Hall–Kier alpha value is -2.73. The van der Waals surface area contributed by atoms with E-state index in [1.54, 1.807) is 30.5 Å². The molecule has 0 bridgehead atoms. The molecular weight excluding hydrogens is 373 g/mol. The number of para-hydroxylation sites is 2. The molecule has 2 aromatic carbocycles. The van der Waals surface area contributed by atoms with Gasteiger partial charge in [0.1, 0.15) is 11.5 Å². The number of hydrogen-bond donors (Lipinski definition) is 2. The topological polar surface area (TPSA) is 54.0 Å². The van der Waals surface area contributed by atoms with E-state index in [2.05, 4.69) is 31.5 Å². The lowest BCUT2D eigenvalue weighted by atomic mass is 10.2. The monoisotopic (exact) mass is 385 g/mol. The van der Waals surface area contributed by atoms with E-state index >= 15 is 0 Å². The highest BCUT2D eigenvalue weighted by Gasteiger charge is 2.10. The van der Waals surface area contributed by atoms with Gasteiger partial charge in [0.2, 0.25) is 0 Å². The fraction of sp³-hybridized carbons (Fsp3) is 0. The molecule has 6 heteroatoms. The van der Waals surface area contributed by atoms with E-state index in [9.17, 15) is 9.18 Å². The van der Waals surface area contributed by atoms with Gasteiger partial charge in [-0.25, -0.2) is 9.37 Å². The molecule has 0 radical (unpaired) electrons. The number of hydrogen-bond acceptors (Lipinski definition) is 3. The number of benzene rings is 2. The van der Waals surface area contributed by atoms with Crippen molar-refractivity contribution in [1.29, 1.82) is 0 Å². The Bertz CT molecular complexity index is 868. The smallest absolute Gasteiger partial charge is 0.274 e. The highest BCUT2D eigenvalue weighted by Crippen LogP contribution is 2.25. The van der Waals surface area contributed by atoms with Crippen molar-refractivity contribution in [3.05, 3.63) is 82.8 Å². The lowest BCUT2D eigenvalue weighted by molar-refractivity contribution is 0.102. The number of rotatable bonds is 4. The van der Waals surface area contributed by atoms with E-state index in [0.717, 1.165) is 15.8 Å². The molecule has 0 atom stereocenters. The van der Waals surface area contributed by atoms with E-state index < -0.39 is 11.7 Å². The molecule has 0 unspecified atom stereocenters. The molecule has 2 N–H and O–H groups in total. The number of aromatic nitrogens is 1. The summed E-state index contributed by atoms with van der Waals surface area (Å²) in [4.78, 5) is 16.2. The Morgan fingerprint density at radius 2 is 1.67 bits per heavy atom. The Kier molecular flexibility index (Phi) is 4.86. The predicted molar refractivity (Wildman–Crippen MR) is 96.0 cm³/mol. The molecule has 0 aliphatic rings. The fourth-order valence-corrected chi connectivity index (χ4v) is 2.45. The minimum absolute atomic E-state index is 0.125. The minimum Gasteiger partial charge on any atom is -0.353 e. The van der Waals surface area contributed by atoms with Gasteiger partial charge < -0.3 is 10.6 Å². The van der Waals surface area contributed by atoms with Crippen LogP contribution < -0.4 is 10.6 Å². The van der Waals surface area contributed by atoms with Crippen LogP contribution in [0, 0.1) is 5.82 Å². The van der Waals surface area contributed by atoms with E-state index in [1.165, 1.54) is 12.1 Å². The number of nitrogens with one attached hydrogen (secondary N) is 2. The molecular formula is C18H13BrFN3O. The Balaban J connectivity index is 1.71. The highest BCUT2D eigenvalue weighted by molar-refractivity contribution is 9.10. The van der Waals surface area contributed by atoms with Gasteiger partial charge in [0.25, 0.3) is 5.91 Å². The first-order chi connectivity index (χ1) is 11.6. The summed E-state index contributed by atoms with van der Waals surface area (Å²) in [7, 11) is 0. The largest absolute Gasteiger partial charge is 0.353 e. The first kappa shape index (κ1) is 16.1. The average Bonchev–Trinajstić information content (AvgIpc) is 2.59. The number of carbonyl (C=O) groups is 1. The summed E-state index contributed by atoms with van der Waals surface area (Å²) in [6.45, 7) is 0. The van der Waals surface area contributed by atoms with Crippen LogP contribution in [-0.4, -0.2) is 10.9 Å². The minimum atomic E-state index is -0.488. The van der Waals surface area contributed by atoms with E-state index in [-0.39, 0.29) is 11.4 Å². The Morgan fingerprint density at radius 3 is 2.33 bits per heavy atom. The van der Waals surface area contributed by atoms with Crippen LogP contribution >= 0.6 is 15.9 Å². The van der Waals surface area contributed by atoms with Crippen LogP contribution in [0.15, 0.2) is 71.3 Å². The van der Waals surface area contributed by atoms with Crippen LogP contribution in [0.3, 0.4) is 0 Å². The Morgan fingerprint density at radius 1 is 0.958 bits per heavy atom. The molecule has 0 aliphatic heterocycles. The van der Waals surface area contributed by atoms with E-state index in [1.807, 2.05) is 24.3 Å². The first-order valence-electron chi connectivity index (χ1n) is 7.17. The van der Waals surface area contributed by atoms with Crippen molar-refractivity contribution in [3.8, 4) is 0 Å². The van der Waals surface area contributed by atoms with Gasteiger partial charge in [-0.1, -0.05) is 24.3 Å². The third-order valence-electron chi connectivity index (χ3n) is 3.27.